The summed E-state index contributed by atoms with van der Waals surface area (Å²) in [5.41, 5.74) is 4.02. The van der Waals surface area contributed by atoms with Crippen LogP contribution in [0.4, 0.5) is 0 Å². The van der Waals surface area contributed by atoms with Crippen molar-refractivity contribution < 1.29 is 19.0 Å². The van der Waals surface area contributed by atoms with E-state index < -0.39 is 5.97 Å². The molecule has 4 aromatic carbocycles. The molecule has 0 radical (unpaired) electrons. The largest absolute Gasteiger partial charge is 0.493 e. The van der Waals surface area contributed by atoms with Gasteiger partial charge in [-0.25, -0.2) is 4.79 Å². The molecule has 0 aromatic heterocycles. The normalized spacial score (nSPS) is 11.0. The topological polar surface area (TPSA) is 44.8 Å². The van der Waals surface area contributed by atoms with Gasteiger partial charge in [0.1, 0.15) is 5.75 Å². The first-order valence-electron chi connectivity index (χ1n) is 10.8. The van der Waals surface area contributed by atoms with Gasteiger partial charge >= 0.3 is 5.97 Å². The molecular weight excluding hydrogens is 412 g/mol. The maximum absolute atomic E-state index is 12.4. The van der Waals surface area contributed by atoms with Crippen LogP contribution in [0.1, 0.15) is 22.3 Å². The van der Waals surface area contributed by atoms with E-state index in [1.54, 1.807) is 13.2 Å². The van der Waals surface area contributed by atoms with Crippen molar-refractivity contribution in [1.82, 2.24) is 0 Å². The van der Waals surface area contributed by atoms with Crippen LogP contribution in [-0.4, -0.2) is 19.7 Å². The minimum Gasteiger partial charge on any atom is -0.493 e. The van der Waals surface area contributed by atoms with Gasteiger partial charge in [-0.3, -0.25) is 0 Å². The number of hydrogen-bond acceptors (Lipinski definition) is 4. The minimum atomic E-state index is -0.491. The first-order chi connectivity index (χ1) is 16.0. The van der Waals surface area contributed by atoms with Crippen molar-refractivity contribution in [2.24, 2.45) is 0 Å². The van der Waals surface area contributed by atoms with Crippen LogP contribution < -0.4 is 14.2 Å². The van der Waals surface area contributed by atoms with Gasteiger partial charge in [-0.05, 0) is 59.0 Å². The van der Waals surface area contributed by atoms with Crippen LogP contribution in [0.25, 0.3) is 22.9 Å². The highest BCUT2D eigenvalue weighted by atomic mass is 16.6. The number of methoxy groups -OCH3 is 1. The van der Waals surface area contributed by atoms with Gasteiger partial charge in [0.05, 0.1) is 7.11 Å². The number of esters is 1. The summed E-state index contributed by atoms with van der Waals surface area (Å²) in [7, 11) is 1.55. The van der Waals surface area contributed by atoms with E-state index in [1.165, 1.54) is 10.8 Å². The summed E-state index contributed by atoms with van der Waals surface area (Å²) in [6, 6.07) is 25.8. The predicted octanol–water partition coefficient (Wildman–Crippen LogP) is 6.62. The average Bonchev–Trinajstić information content (AvgIpc) is 2.83. The van der Waals surface area contributed by atoms with E-state index in [0.717, 1.165) is 22.3 Å². The molecule has 33 heavy (non-hydrogen) atoms. The molecule has 166 valence electrons. The van der Waals surface area contributed by atoms with Crippen molar-refractivity contribution in [3.05, 3.63) is 101 Å². The van der Waals surface area contributed by atoms with Gasteiger partial charge in [0, 0.05) is 0 Å². The van der Waals surface area contributed by atoms with Gasteiger partial charge in [-0.1, -0.05) is 78.9 Å². The molecule has 0 unspecified atom stereocenters. The third kappa shape index (κ3) is 5.24. The summed E-state index contributed by atoms with van der Waals surface area (Å²) < 4.78 is 16.7. The number of rotatable bonds is 7. The maximum atomic E-state index is 12.4. The molecule has 0 bridgehead atoms. The lowest BCUT2D eigenvalue weighted by molar-refractivity contribution is -0.136. The number of hydrogen-bond donors (Lipinski definition) is 0. The number of carbonyl (C=O) groups is 1. The lowest BCUT2D eigenvalue weighted by Gasteiger charge is -2.13. The van der Waals surface area contributed by atoms with E-state index in [1.807, 2.05) is 68.5 Å². The lowest BCUT2D eigenvalue weighted by Crippen LogP contribution is -2.18. The van der Waals surface area contributed by atoms with Crippen molar-refractivity contribution in [2.75, 3.05) is 13.7 Å². The average molecular weight is 439 g/mol. The van der Waals surface area contributed by atoms with Crippen LogP contribution in [-0.2, 0) is 4.79 Å². The molecule has 0 amide bonds. The molecular formula is C29H26O4. The predicted molar refractivity (Wildman–Crippen MR) is 133 cm³/mol. The third-order valence-electron chi connectivity index (χ3n) is 5.43. The Balaban J connectivity index is 1.46. The highest BCUT2D eigenvalue weighted by Gasteiger charge is 2.13. The van der Waals surface area contributed by atoms with Crippen molar-refractivity contribution >= 4 is 28.9 Å². The number of aryl methyl sites for hydroxylation is 2. The Labute approximate surface area is 194 Å². The molecule has 0 heterocycles. The molecule has 0 saturated carbocycles. The van der Waals surface area contributed by atoms with Gasteiger partial charge in [0.15, 0.2) is 18.1 Å². The molecule has 0 aliphatic rings. The van der Waals surface area contributed by atoms with E-state index in [-0.39, 0.29) is 6.61 Å². The van der Waals surface area contributed by atoms with Crippen LogP contribution >= 0.6 is 0 Å². The summed E-state index contributed by atoms with van der Waals surface area (Å²) in [6.07, 6.45) is 4.08. The molecule has 4 nitrogen and oxygen atoms in total. The Kier molecular flexibility index (Phi) is 6.75. The quantitative estimate of drug-likeness (QED) is 0.185. The Morgan fingerprint density at radius 2 is 1.55 bits per heavy atom. The summed E-state index contributed by atoms with van der Waals surface area (Å²) >= 11 is 0. The second kappa shape index (κ2) is 10.0. The zero-order chi connectivity index (χ0) is 23.2. The monoisotopic (exact) mass is 438 g/mol. The molecule has 0 saturated heterocycles. The van der Waals surface area contributed by atoms with Gasteiger partial charge in [-0.15, -0.1) is 0 Å². The molecule has 4 aromatic rings. The highest BCUT2D eigenvalue weighted by Crippen LogP contribution is 2.30. The fourth-order valence-electron chi connectivity index (χ4n) is 3.76. The molecule has 4 heteroatoms. The van der Waals surface area contributed by atoms with Gasteiger partial charge in [0.25, 0.3) is 0 Å². The van der Waals surface area contributed by atoms with E-state index in [0.29, 0.717) is 17.2 Å². The molecule has 0 aliphatic heterocycles. The summed E-state index contributed by atoms with van der Waals surface area (Å²) in [4.78, 5) is 12.4. The van der Waals surface area contributed by atoms with Crippen molar-refractivity contribution in [2.45, 2.75) is 13.8 Å². The standard InChI is InChI=1S/C29H26O4/c1-20-8-6-9-21(2)29(20)32-19-28(30)33-26-17-15-22(18-27(26)31-3)14-16-24-12-7-11-23-10-4-5-13-25(23)24/h4-18H,19H2,1-3H3. The Bertz CT molecular complexity index is 1300. The van der Waals surface area contributed by atoms with Crippen LogP contribution in [0, 0.1) is 13.8 Å². The van der Waals surface area contributed by atoms with E-state index in [2.05, 4.69) is 30.3 Å². The molecule has 4 rings (SSSR count). The van der Waals surface area contributed by atoms with Gasteiger partial charge in [-0.2, -0.15) is 0 Å². The van der Waals surface area contributed by atoms with Crippen molar-refractivity contribution in [3.8, 4) is 17.2 Å². The molecule has 0 atom stereocenters. The highest BCUT2D eigenvalue weighted by molar-refractivity contribution is 5.92. The minimum absolute atomic E-state index is 0.183. The van der Waals surface area contributed by atoms with E-state index >= 15 is 0 Å². The maximum Gasteiger partial charge on any atom is 0.349 e. The number of para-hydroxylation sites is 1. The van der Waals surface area contributed by atoms with Gasteiger partial charge in [0.2, 0.25) is 0 Å². The Hall–Kier alpha value is -4.05. The number of benzene rings is 4. The third-order valence-corrected chi connectivity index (χ3v) is 5.43. The van der Waals surface area contributed by atoms with Crippen LogP contribution in [0.15, 0.2) is 78.9 Å². The lowest BCUT2D eigenvalue weighted by atomic mass is 10.0. The second-order valence-corrected chi connectivity index (χ2v) is 7.80. The number of fused-ring (bicyclic) bond motifs is 1. The molecule has 0 aliphatic carbocycles. The summed E-state index contributed by atoms with van der Waals surface area (Å²) in [5.74, 6) is 1.05. The van der Waals surface area contributed by atoms with Crippen LogP contribution in [0.3, 0.4) is 0 Å². The SMILES string of the molecule is COc1cc(C=Cc2cccc3ccccc23)ccc1OC(=O)COc1c(C)cccc1C. The first kappa shape index (κ1) is 22.2. The molecule has 0 spiro atoms. The summed E-state index contributed by atoms with van der Waals surface area (Å²) in [5, 5.41) is 2.39. The Morgan fingerprint density at radius 1 is 0.818 bits per heavy atom. The van der Waals surface area contributed by atoms with Crippen LogP contribution in [0.5, 0.6) is 17.2 Å². The fraction of sp³-hybridized carbons (Fsp3) is 0.138. The Morgan fingerprint density at radius 3 is 2.33 bits per heavy atom. The fourth-order valence-corrected chi connectivity index (χ4v) is 3.76. The number of ether oxygens (including phenoxy) is 3. The molecule has 0 fully saturated rings. The van der Waals surface area contributed by atoms with E-state index in [9.17, 15) is 4.79 Å². The smallest absolute Gasteiger partial charge is 0.349 e. The molecule has 0 N–H and O–H groups in total. The number of carbonyl (C=O) groups excluding carboxylic acids is 1. The summed E-state index contributed by atoms with van der Waals surface area (Å²) in [6.45, 7) is 3.71. The van der Waals surface area contributed by atoms with Crippen LogP contribution in [0.2, 0.25) is 0 Å². The first-order valence-corrected chi connectivity index (χ1v) is 10.8. The van der Waals surface area contributed by atoms with E-state index in [4.69, 9.17) is 14.2 Å². The van der Waals surface area contributed by atoms with Gasteiger partial charge < -0.3 is 14.2 Å². The zero-order valence-electron chi connectivity index (χ0n) is 19.0. The zero-order valence-corrected chi connectivity index (χ0v) is 19.0. The van der Waals surface area contributed by atoms with Crippen molar-refractivity contribution in [3.63, 3.8) is 0 Å². The van der Waals surface area contributed by atoms with Crippen molar-refractivity contribution in [1.29, 1.82) is 0 Å². The second-order valence-electron chi connectivity index (χ2n) is 7.80.